The number of carbonyl (C=O) groups excluding carboxylic acids is 2. The van der Waals surface area contributed by atoms with Crippen LogP contribution >= 0.6 is 0 Å². The third kappa shape index (κ3) is 0.951. The van der Waals surface area contributed by atoms with Crippen LogP contribution in [0.25, 0.3) is 0 Å². The lowest BCUT2D eigenvalue weighted by molar-refractivity contribution is -0.112. The van der Waals surface area contributed by atoms with Crippen LogP contribution in [0.4, 0.5) is 14.5 Å². The summed E-state index contributed by atoms with van der Waals surface area (Å²) in [5.41, 5.74) is -0.846. The number of hydrogen-bond donors (Lipinski definition) is 1. The highest BCUT2D eigenvalue weighted by atomic mass is 19.1. The van der Waals surface area contributed by atoms with Gasteiger partial charge in [-0.05, 0) is 18.6 Å². The van der Waals surface area contributed by atoms with Gasteiger partial charge in [0.1, 0.15) is 11.6 Å². The van der Waals surface area contributed by atoms with Gasteiger partial charge in [-0.3, -0.25) is 9.59 Å². The van der Waals surface area contributed by atoms with Crippen LogP contribution in [0.3, 0.4) is 0 Å². The van der Waals surface area contributed by atoms with Gasteiger partial charge < -0.3 is 5.32 Å². The highest BCUT2D eigenvalue weighted by Gasteiger charge is 2.34. The van der Waals surface area contributed by atoms with Gasteiger partial charge in [0.25, 0.3) is 11.7 Å². The minimum absolute atomic E-state index is 0.00565. The summed E-state index contributed by atoms with van der Waals surface area (Å²) in [5.74, 6) is -3.66. The number of nitrogens with one attached hydrogen (secondary N) is 1. The monoisotopic (exact) mass is 197 g/mol. The van der Waals surface area contributed by atoms with Crippen molar-refractivity contribution in [2.45, 2.75) is 6.92 Å². The van der Waals surface area contributed by atoms with Gasteiger partial charge in [-0.25, -0.2) is 8.78 Å². The smallest absolute Gasteiger partial charge is 0.297 e. The van der Waals surface area contributed by atoms with Crippen molar-refractivity contribution in [3.63, 3.8) is 0 Å². The number of fused-ring (bicyclic) bond motifs is 1. The molecule has 1 aliphatic rings. The van der Waals surface area contributed by atoms with Crippen molar-refractivity contribution in [2.75, 3.05) is 5.32 Å². The summed E-state index contributed by atoms with van der Waals surface area (Å²) in [4.78, 5) is 22.0. The number of anilines is 1. The Kier molecular flexibility index (Phi) is 1.64. The summed E-state index contributed by atoms with van der Waals surface area (Å²) in [6, 6.07) is 0.938. The van der Waals surface area contributed by atoms with E-state index in [2.05, 4.69) is 0 Å². The predicted octanol–water partition coefficient (Wildman–Crippen LogP) is 1.41. The zero-order valence-corrected chi connectivity index (χ0v) is 7.15. The molecule has 1 amide bonds. The molecule has 1 aliphatic heterocycles. The maximum Gasteiger partial charge on any atom is 0.297 e. The van der Waals surface area contributed by atoms with Gasteiger partial charge in [-0.15, -0.1) is 0 Å². The van der Waals surface area contributed by atoms with Crippen molar-refractivity contribution in [3.05, 3.63) is 28.8 Å². The Morgan fingerprint density at radius 1 is 1.29 bits per heavy atom. The van der Waals surface area contributed by atoms with Gasteiger partial charge in [-0.2, -0.15) is 0 Å². The van der Waals surface area contributed by atoms with Crippen LogP contribution in [0.15, 0.2) is 6.07 Å². The Morgan fingerprint density at radius 2 is 1.93 bits per heavy atom. The normalized spacial score (nSPS) is 14.2. The second kappa shape index (κ2) is 2.60. The van der Waals surface area contributed by atoms with E-state index in [1.807, 2.05) is 5.32 Å². The topological polar surface area (TPSA) is 46.2 Å². The first-order valence-corrected chi connectivity index (χ1v) is 3.86. The first kappa shape index (κ1) is 8.80. The Hall–Kier alpha value is -1.78. The molecule has 0 unspecified atom stereocenters. The zero-order valence-electron chi connectivity index (χ0n) is 7.15. The van der Waals surface area contributed by atoms with E-state index in [1.54, 1.807) is 0 Å². The Bertz CT molecular complexity index is 468. The van der Waals surface area contributed by atoms with Crippen molar-refractivity contribution in [3.8, 4) is 0 Å². The van der Waals surface area contributed by atoms with Crippen LogP contribution in [-0.4, -0.2) is 11.7 Å². The highest BCUT2D eigenvalue weighted by Crippen LogP contribution is 2.30. The Labute approximate surface area is 77.7 Å². The molecule has 5 heteroatoms. The number of carbonyl (C=O) groups is 2. The molecule has 72 valence electrons. The molecule has 3 nitrogen and oxygen atoms in total. The zero-order chi connectivity index (χ0) is 10.5. The predicted molar refractivity (Wildman–Crippen MR) is 44.1 cm³/mol. The molecule has 0 saturated heterocycles. The van der Waals surface area contributed by atoms with E-state index in [0.29, 0.717) is 0 Å². The van der Waals surface area contributed by atoms with E-state index in [1.165, 1.54) is 6.92 Å². The molecule has 0 aliphatic carbocycles. The van der Waals surface area contributed by atoms with Crippen LogP contribution in [-0.2, 0) is 4.79 Å². The third-order valence-electron chi connectivity index (χ3n) is 2.07. The van der Waals surface area contributed by atoms with Crippen molar-refractivity contribution >= 4 is 17.4 Å². The molecule has 1 aromatic rings. The molecule has 0 spiro atoms. The molecular weight excluding hydrogens is 192 g/mol. The molecule has 0 radical (unpaired) electrons. The Morgan fingerprint density at radius 3 is 2.57 bits per heavy atom. The van der Waals surface area contributed by atoms with E-state index in [-0.39, 0.29) is 11.3 Å². The van der Waals surface area contributed by atoms with Gasteiger partial charge in [0.2, 0.25) is 0 Å². The second-order valence-corrected chi connectivity index (χ2v) is 3.02. The van der Waals surface area contributed by atoms with Gasteiger partial charge in [0, 0.05) is 0 Å². The first-order chi connectivity index (χ1) is 6.52. The minimum Gasteiger partial charge on any atom is -0.316 e. The van der Waals surface area contributed by atoms with Crippen LogP contribution in [0.1, 0.15) is 15.9 Å². The summed E-state index contributed by atoms with van der Waals surface area (Å²) in [5, 5.41) is 1.98. The molecule has 1 aromatic carbocycles. The number of hydrogen-bond acceptors (Lipinski definition) is 2. The van der Waals surface area contributed by atoms with Gasteiger partial charge in [0.05, 0.1) is 11.3 Å². The SMILES string of the molecule is Cc1cc(F)c2c(c1F)C(=O)C(=O)N2. The molecule has 0 atom stereocenters. The molecule has 0 aromatic heterocycles. The molecule has 1 heterocycles. The average molecular weight is 197 g/mol. The lowest BCUT2D eigenvalue weighted by atomic mass is 10.1. The average Bonchev–Trinajstić information content (AvgIpc) is 2.41. The summed E-state index contributed by atoms with van der Waals surface area (Å²) in [6.07, 6.45) is 0. The molecule has 0 fully saturated rings. The number of amides is 1. The number of benzene rings is 1. The molecule has 0 bridgehead atoms. The van der Waals surface area contributed by atoms with E-state index >= 15 is 0 Å². The van der Waals surface area contributed by atoms with Crippen molar-refractivity contribution in [1.29, 1.82) is 0 Å². The highest BCUT2D eigenvalue weighted by molar-refractivity contribution is 6.51. The number of ketones is 1. The fourth-order valence-corrected chi connectivity index (χ4v) is 1.37. The molecule has 14 heavy (non-hydrogen) atoms. The maximum atomic E-state index is 13.3. The largest absolute Gasteiger partial charge is 0.316 e. The fraction of sp³-hybridized carbons (Fsp3) is 0.111. The minimum atomic E-state index is -1.03. The molecule has 1 N–H and O–H groups in total. The van der Waals surface area contributed by atoms with Gasteiger partial charge >= 0.3 is 0 Å². The lowest BCUT2D eigenvalue weighted by Crippen LogP contribution is -2.13. The van der Waals surface area contributed by atoms with E-state index in [4.69, 9.17) is 0 Å². The number of rotatable bonds is 0. The molecular formula is C9H5F2NO2. The van der Waals surface area contributed by atoms with Crippen LogP contribution in [0, 0.1) is 18.6 Å². The molecule has 0 saturated carbocycles. The number of halogens is 2. The van der Waals surface area contributed by atoms with Crippen molar-refractivity contribution in [1.82, 2.24) is 0 Å². The number of aryl methyl sites for hydroxylation is 1. The van der Waals surface area contributed by atoms with Crippen LogP contribution in [0.5, 0.6) is 0 Å². The summed E-state index contributed by atoms with van der Waals surface area (Å²) in [6.45, 7) is 1.33. The van der Waals surface area contributed by atoms with Crippen LogP contribution in [0.2, 0.25) is 0 Å². The summed E-state index contributed by atoms with van der Waals surface area (Å²) >= 11 is 0. The standard InChI is InChI=1S/C9H5F2NO2/c1-3-2-4(10)7-5(6(3)11)8(13)9(14)12-7/h2H,1H3,(H,12,13,14). The van der Waals surface area contributed by atoms with Gasteiger partial charge in [-0.1, -0.05) is 0 Å². The van der Waals surface area contributed by atoms with Crippen molar-refractivity contribution < 1.29 is 18.4 Å². The number of Topliss-reactive ketones (excluding diaryl/α,β-unsaturated/α-hetero) is 1. The summed E-state index contributed by atoms with van der Waals surface area (Å²) in [7, 11) is 0. The fourth-order valence-electron chi connectivity index (χ4n) is 1.37. The first-order valence-electron chi connectivity index (χ1n) is 3.86. The van der Waals surface area contributed by atoms with Crippen molar-refractivity contribution in [2.24, 2.45) is 0 Å². The summed E-state index contributed by atoms with van der Waals surface area (Å²) < 4.78 is 26.5. The van der Waals surface area contributed by atoms with E-state index in [0.717, 1.165) is 6.07 Å². The van der Waals surface area contributed by atoms with Crippen LogP contribution < -0.4 is 5.32 Å². The van der Waals surface area contributed by atoms with E-state index in [9.17, 15) is 18.4 Å². The molecule has 2 rings (SSSR count). The maximum absolute atomic E-state index is 13.3. The van der Waals surface area contributed by atoms with E-state index < -0.39 is 28.9 Å². The lowest BCUT2D eigenvalue weighted by Gasteiger charge is -2.02. The second-order valence-electron chi connectivity index (χ2n) is 3.02. The Balaban J connectivity index is 2.80. The third-order valence-corrected chi connectivity index (χ3v) is 2.07. The quantitative estimate of drug-likeness (QED) is 0.639. The van der Waals surface area contributed by atoms with Gasteiger partial charge in [0.15, 0.2) is 0 Å².